The third-order valence-electron chi connectivity index (χ3n) is 0.765. The topological polar surface area (TPSA) is 32.6 Å². The van der Waals surface area contributed by atoms with E-state index in [9.17, 15) is 0 Å². The predicted molar refractivity (Wildman–Crippen MR) is 44.9 cm³/mol. The Labute approximate surface area is 70.2 Å². The summed E-state index contributed by atoms with van der Waals surface area (Å²) in [6, 6.07) is 0. The molecule has 0 saturated heterocycles. The zero-order valence-corrected chi connectivity index (χ0v) is 7.15. The van der Waals surface area contributed by atoms with Crippen LogP contribution in [0.1, 0.15) is 6.92 Å². The van der Waals surface area contributed by atoms with Crippen molar-refractivity contribution in [3.05, 3.63) is 11.1 Å². The van der Waals surface area contributed by atoms with Gasteiger partial charge in [-0.1, -0.05) is 23.2 Å². The van der Waals surface area contributed by atoms with Crippen LogP contribution < -0.4 is 0 Å². The van der Waals surface area contributed by atoms with Crippen LogP contribution in [0.4, 0.5) is 0 Å². The summed E-state index contributed by atoms with van der Waals surface area (Å²) < 4.78 is 0. The van der Waals surface area contributed by atoms with E-state index >= 15 is 0 Å². The summed E-state index contributed by atoms with van der Waals surface area (Å²) in [6.07, 6.45) is 1.39. The quantitative estimate of drug-likeness (QED) is 0.662. The Morgan fingerprint density at radius 3 is 2.60 bits per heavy atom. The number of hydrogen-bond donors (Lipinski definition) is 1. The molecule has 0 radical (unpaired) electrons. The molecule has 0 aromatic heterocycles. The fraction of sp³-hybridized carbons (Fsp3) is 0.500. The van der Waals surface area contributed by atoms with Crippen molar-refractivity contribution < 1.29 is 5.11 Å². The van der Waals surface area contributed by atoms with Gasteiger partial charge in [-0.3, -0.25) is 4.99 Å². The zero-order chi connectivity index (χ0) is 7.98. The second kappa shape index (κ2) is 5.71. The van der Waals surface area contributed by atoms with Crippen molar-refractivity contribution in [3.63, 3.8) is 0 Å². The number of allylic oxidation sites excluding steroid dienone is 1. The van der Waals surface area contributed by atoms with Gasteiger partial charge in [0.05, 0.1) is 11.6 Å². The molecule has 0 rings (SSSR count). The van der Waals surface area contributed by atoms with Gasteiger partial charge in [-0.2, -0.15) is 0 Å². The van der Waals surface area contributed by atoms with E-state index in [-0.39, 0.29) is 11.8 Å². The highest BCUT2D eigenvalue weighted by Crippen LogP contribution is 2.07. The number of halogens is 2. The fourth-order valence-corrected chi connectivity index (χ4v) is 0.704. The molecule has 2 nitrogen and oxygen atoms in total. The second-order valence-corrected chi connectivity index (χ2v) is 2.27. The smallest absolute Gasteiger partial charge is 0.142 e. The summed E-state index contributed by atoms with van der Waals surface area (Å²) in [5.74, 6) is 0. The lowest BCUT2D eigenvalue weighted by molar-refractivity contribution is 0.342. The van der Waals surface area contributed by atoms with Gasteiger partial charge in [0.2, 0.25) is 0 Å². The first-order valence-corrected chi connectivity index (χ1v) is 3.64. The summed E-state index contributed by atoms with van der Waals surface area (Å²) in [6.45, 7) is 2.33. The number of aliphatic hydroxyl groups excluding tert-OH is 1. The molecule has 4 heteroatoms. The lowest BCUT2D eigenvalue weighted by atomic mass is 10.5. The van der Waals surface area contributed by atoms with E-state index in [1.807, 2.05) is 6.92 Å². The molecule has 0 aromatic rings. The van der Waals surface area contributed by atoms with E-state index in [0.717, 1.165) is 0 Å². The fourth-order valence-electron chi connectivity index (χ4n) is 0.379. The second-order valence-electron chi connectivity index (χ2n) is 1.50. The Balaban J connectivity index is 4.06. The van der Waals surface area contributed by atoms with Gasteiger partial charge in [0.15, 0.2) is 0 Å². The van der Waals surface area contributed by atoms with E-state index in [1.165, 1.54) is 6.08 Å². The first-order chi connectivity index (χ1) is 4.72. The van der Waals surface area contributed by atoms with Gasteiger partial charge >= 0.3 is 0 Å². The van der Waals surface area contributed by atoms with Crippen LogP contribution in [-0.2, 0) is 0 Å². The average Bonchev–Trinajstić information content (AvgIpc) is 1.89. The van der Waals surface area contributed by atoms with Crippen LogP contribution in [0.5, 0.6) is 0 Å². The van der Waals surface area contributed by atoms with Crippen LogP contribution in [0.3, 0.4) is 0 Å². The molecule has 0 fully saturated rings. The predicted octanol–water partition coefficient (Wildman–Crippen LogP) is 1.76. The van der Waals surface area contributed by atoms with Crippen molar-refractivity contribution in [2.75, 3.05) is 13.2 Å². The van der Waals surface area contributed by atoms with E-state index < -0.39 is 0 Å². The third kappa shape index (κ3) is 3.88. The van der Waals surface area contributed by atoms with Crippen LogP contribution in [0.25, 0.3) is 0 Å². The van der Waals surface area contributed by atoms with Crippen molar-refractivity contribution in [3.8, 4) is 0 Å². The normalized spacial score (nSPS) is 14.0. The molecule has 0 aliphatic heterocycles. The van der Waals surface area contributed by atoms with E-state index in [1.54, 1.807) is 0 Å². The number of aliphatic imine (C=N–C) groups is 1. The summed E-state index contributed by atoms with van der Waals surface area (Å²) in [5.41, 5.74) is 0. The minimum atomic E-state index is -0.117. The molecule has 0 aromatic carbocycles. The van der Waals surface area contributed by atoms with Gasteiger partial charge < -0.3 is 5.11 Å². The van der Waals surface area contributed by atoms with Gasteiger partial charge in [0, 0.05) is 6.54 Å². The van der Waals surface area contributed by atoms with Crippen molar-refractivity contribution in [2.45, 2.75) is 6.92 Å². The summed E-state index contributed by atoms with van der Waals surface area (Å²) in [7, 11) is 0. The molecule has 58 valence electrons. The Bertz CT molecular complexity index is 136. The molecule has 0 amide bonds. The minimum Gasteiger partial charge on any atom is -0.392 e. The molecule has 0 atom stereocenters. The van der Waals surface area contributed by atoms with Crippen molar-refractivity contribution in [1.82, 2.24) is 0 Å². The molecule has 0 unspecified atom stereocenters. The van der Waals surface area contributed by atoms with E-state index in [0.29, 0.717) is 11.6 Å². The molecule has 0 bridgehead atoms. The largest absolute Gasteiger partial charge is 0.392 e. The highest BCUT2D eigenvalue weighted by atomic mass is 35.5. The van der Waals surface area contributed by atoms with Crippen LogP contribution in [0, 0.1) is 0 Å². The molecule has 0 aliphatic rings. The van der Waals surface area contributed by atoms with Crippen LogP contribution in [-0.4, -0.2) is 23.4 Å². The summed E-state index contributed by atoms with van der Waals surface area (Å²) >= 11 is 11.1. The van der Waals surface area contributed by atoms with Gasteiger partial charge in [0.1, 0.15) is 5.17 Å². The van der Waals surface area contributed by atoms with Crippen LogP contribution in [0.15, 0.2) is 16.1 Å². The first-order valence-electron chi connectivity index (χ1n) is 2.89. The van der Waals surface area contributed by atoms with Crippen LogP contribution in [0.2, 0.25) is 0 Å². The number of nitrogens with zero attached hydrogens (tertiary/aromatic N) is 1. The highest BCUT2D eigenvalue weighted by molar-refractivity contribution is 6.75. The van der Waals surface area contributed by atoms with Crippen molar-refractivity contribution in [2.24, 2.45) is 4.99 Å². The first kappa shape index (κ1) is 9.95. The third-order valence-corrected chi connectivity index (χ3v) is 1.52. The molecular weight excluding hydrogens is 173 g/mol. The van der Waals surface area contributed by atoms with E-state index in [4.69, 9.17) is 28.3 Å². The molecule has 10 heavy (non-hydrogen) atoms. The Kier molecular flexibility index (Phi) is 5.69. The number of aliphatic hydroxyl groups is 1. The summed E-state index contributed by atoms with van der Waals surface area (Å²) in [5, 5.41) is 8.92. The Hall–Kier alpha value is -0.0500. The van der Waals surface area contributed by atoms with Gasteiger partial charge in [0.25, 0.3) is 0 Å². The molecular formula is C6H9Cl2NO. The molecule has 0 aliphatic carbocycles. The SMILES string of the molecule is CCN=C(Cl)C(Cl)=CCO. The molecule has 1 N–H and O–H groups in total. The lowest BCUT2D eigenvalue weighted by Crippen LogP contribution is -1.89. The van der Waals surface area contributed by atoms with Crippen LogP contribution >= 0.6 is 23.2 Å². The number of hydrogen-bond acceptors (Lipinski definition) is 2. The van der Waals surface area contributed by atoms with Gasteiger partial charge in [-0.15, -0.1) is 0 Å². The zero-order valence-electron chi connectivity index (χ0n) is 5.64. The van der Waals surface area contributed by atoms with Gasteiger partial charge in [-0.25, -0.2) is 0 Å². The van der Waals surface area contributed by atoms with Crippen molar-refractivity contribution in [1.29, 1.82) is 0 Å². The number of rotatable bonds is 3. The minimum absolute atomic E-state index is 0.117. The maximum Gasteiger partial charge on any atom is 0.142 e. The highest BCUT2D eigenvalue weighted by Gasteiger charge is 1.96. The molecule has 0 saturated carbocycles. The van der Waals surface area contributed by atoms with E-state index in [2.05, 4.69) is 4.99 Å². The molecule has 0 spiro atoms. The van der Waals surface area contributed by atoms with Crippen molar-refractivity contribution >= 4 is 28.4 Å². The Morgan fingerprint density at radius 2 is 2.20 bits per heavy atom. The summed E-state index contributed by atoms with van der Waals surface area (Å²) in [4.78, 5) is 3.81. The standard InChI is InChI=1S/C6H9Cl2NO/c1-2-9-6(8)5(7)3-4-10/h3,10H,2,4H2,1H3. The molecule has 0 heterocycles. The Morgan fingerprint density at radius 1 is 1.60 bits per heavy atom. The maximum absolute atomic E-state index is 8.38. The average molecular weight is 182 g/mol. The lowest BCUT2D eigenvalue weighted by Gasteiger charge is -1.92. The van der Waals surface area contributed by atoms with Gasteiger partial charge in [-0.05, 0) is 13.0 Å². The maximum atomic E-state index is 8.38. The monoisotopic (exact) mass is 181 g/mol.